The van der Waals surface area contributed by atoms with E-state index in [1.54, 1.807) is 0 Å². The van der Waals surface area contributed by atoms with Crippen LogP contribution in [-0.4, -0.2) is 54.6 Å². The molecule has 1 rings (SSSR count). The van der Waals surface area contributed by atoms with Crippen molar-refractivity contribution in [2.75, 3.05) is 39.3 Å². The van der Waals surface area contributed by atoms with Crippen molar-refractivity contribution in [1.82, 2.24) is 9.80 Å². The minimum absolute atomic E-state index is 0.0866. The fraction of sp³-hybridized carbons (Fsp3) is 1.00. The Bertz CT molecular complexity index is 181. The molecule has 0 radical (unpaired) electrons. The Morgan fingerprint density at radius 3 is 2.20 bits per heavy atom. The van der Waals surface area contributed by atoms with Crippen molar-refractivity contribution in [1.29, 1.82) is 0 Å². The van der Waals surface area contributed by atoms with Gasteiger partial charge in [0, 0.05) is 31.7 Å². The molecule has 1 aliphatic heterocycles. The Morgan fingerprint density at radius 2 is 1.80 bits per heavy atom. The van der Waals surface area contributed by atoms with Gasteiger partial charge in [0.1, 0.15) is 0 Å². The highest BCUT2D eigenvalue weighted by Crippen LogP contribution is 2.25. The number of nitrogens with zero attached hydrogens (tertiary/aromatic N) is 2. The lowest BCUT2D eigenvalue weighted by atomic mass is 9.80. The first-order valence-electron chi connectivity index (χ1n) is 6.25. The monoisotopic (exact) mass is 213 g/mol. The van der Waals surface area contributed by atoms with E-state index in [0.717, 1.165) is 26.2 Å². The second-order valence-electron chi connectivity index (χ2n) is 5.13. The van der Waals surface area contributed by atoms with Crippen LogP contribution in [0.2, 0.25) is 0 Å². The zero-order valence-corrected chi connectivity index (χ0v) is 10.8. The van der Waals surface area contributed by atoms with Gasteiger partial charge in [-0.25, -0.2) is 0 Å². The molecule has 0 bridgehead atoms. The molecule has 15 heavy (non-hydrogen) atoms. The highest BCUT2D eigenvalue weighted by Gasteiger charge is 2.41. The maximum absolute atomic E-state index is 6.25. The third-order valence-corrected chi connectivity index (χ3v) is 3.81. The Morgan fingerprint density at radius 1 is 1.27 bits per heavy atom. The SMILES string of the molecule is CCN(CC)CCN1CC(N)(C(C)C)C1. The second kappa shape index (κ2) is 5.28. The lowest BCUT2D eigenvalue weighted by Gasteiger charge is -2.50. The molecular weight excluding hydrogens is 186 g/mol. The molecule has 1 aliphatic rings. The molecule has 3 nitrogen and oxygen atoms in total. The predicted molar refractivity (Wildman–Crippen MR) is 66.0 cm³/mol. The van der Waals surface area contributed by atoms with Crippen molar-refractivity contribution >= 4 is 0 Å². The fourth-order valence-corrected chi connectivity index (χ4v) is 2.13. The fourth-order valence-electron chi connectivity index (χ4n) is 2.13. The topological polar surface area (TPSA) is 32.5 Å². The number of rotatable bonds is 6. The van der Waals surface area contributed by atoms with E-state index in [1.165, 1.54) is 13.1 Å². The van der Waals surface area contributed by atoms with E-state index >= 15 is 0 Å². The van der Waals surface area contributed by atoms with Gasteiger partial charge in [-0.15, -0.1) is 0 Å². The van der Waals surface area contributed by atoms with Crippen molar-refractivity contribution < 1.29 is 0 Å². The van der Waals surface area contributed by atoms with Crippen LogP contribution in [0.15, 0.2) is 0 Å². The summed E-state index contributed by atoms with van der Waals surface area (Å²) < 4.78 is 0. The summed E-state index contributed by atoms with van der Waals surface area (Å²) in [5, 5.41) is 0. The zero-order chi connectivity index (χ0) is 11.5. The number of likely N-dealkylation sites (tertiary alicyclic amines) is 1. The standard InChI is InChI=1S/C12H27N3/c1-5-14(6-2)7-8-15-9-12(13,10-15)11(3)4/h11H,5-10,13H2,1-4H3. The quantitative estimate of drug-likeness (QED) is 0.714. The summed E-state index contributed by atoms with van der Waals surface area (Å²) in [6.07, 6.45) is 0. The summed E-state index contributed by atoms with van der Waals surface area (Å²) >= 11 is 0. The molecule has 0 aromatic rings. The van der Waals surface area contributed by atoms with Gasteiger partial charge in [-0.1, -0.05) is 27.7 Å². The van der Waals surface area contributed by atoms with Crippen molar-refractivity contribution in [3.05, 3.63) is 0 Å². The van der Waals surface area contributed by atoms with E-state index in [9.17, 15) is 0 Å². The molecule has 2 N–H and O–H groups in total. The zero-order valence-electron chi connectivity index (χ0n) is 10.8. The van der Waals surface area contributed by atoms with E-state index in [4.69, 9.17) is 5.73 Å². The van der Waals surface area contributed by atoms with Crippen LogP contribution < -0.4 is 5.73 Å². The molecule has 0 aliphatic carbocycles. The molecule has 0 unspecified atom stereocenters. The summed E-state index contributed by atoms with van der Waals surface area (Å²) in [5.74, 6) is 0.599. The lowest BCUT2D eigenvalue weighted by molar-refractivity contribution is 0.0309. The Hall–Kier alpha value is -0.120. The van der Waals surface area contributed by atoms with Crippen LogP contribution in [0.4, 0.5) is 0 Å². The van der Waals surface area contributed by atoms with Crippen LogP contribution in [0.25, 0.3) is 0 Å². The molecule has 0 amide bonds. The first kappa shape index (κ1) is 12.9. The average Bonchev–Trinajstić information content (AvgIpc) is 2.15. The predicted octanol–water partition coefficient (Wildman–Crippen LogP) is 0.997. The van der Waals surface area contributed by atoms with Crippen LogP contribution in [0, 0.1) is 5.92 Å². The van der Waals surface area contributed by atoms with E-state index in [0.29, 0.717) is 5.92 Å². The van der Waals surface area contributed by atoms with Gasteiger partial charge in [-0.3, -0.25) is 4.90 Å². The lowest BCUT2D eigenvalue weighted by Crippen LogP contribution is -2.70. The minimum Gasteiger partial charge on any atom is -0.323 e. The third-order valence-electron chi connectivity index (χ3n) is 3.81. The van der Waals surface area contributed by atoms with E-state index in [2.05, 4.69) is 37.5 Å². The molecule has 90 valence electrons. The van der Waals surface area contributed by atoms with Crippen LogP contribution >= 0.6 is 0 Å². The molecule has 0 atom stereocenters. The van der Waals surface area contributed by atoms with Gasteiger partial charge in [-0.2, -0.15) is 0 Å². The Labute approximate surface area is 94.6 Å². The van der Waals surface area contributed by atoms with Crippen LogP contribution in [-0.2, 0) is 0 Å². The third kappa shape index (κ3) is 3.16. The van der Waals surface area contributed by atoms with Gasteiger partial charge in [0.2, 0.25) is 0 Å². The van der Waals surface area contributed by atoms with E-state index < -0.39 is 0 Å². The van der Waals surface area contributed by atoms with E-state index in [1.807, 2.05) is 0 Å². The van der Waals surface area contributed by atoms with Gasteiger partial charge >= 0.3 is 0 Å². The average molecular weight is 213 g/mol. The molecule has 0 aromatic heterocycles. The molecular formula is C12H27N3. The normalized spacial score (nSPS) is 21.0. The smallest absolute Gasteiger partial charge is 0.0435 e. The van der Waals surface area contributed by atoms with Gasteiger partial charge in [0.25, 0.3) is 0 Å². The largest absolute Gasteiger partial charge is 0.323 e. The molecule has 1 heterocycles. The number of hydrogen-bond acceptors (Lipinski definition) is 3. The van der Waals surface area contributed by atoms with Crippen molar-refractivity contribution in [3.8, 4) is 0 Å². The van der Waals surface area contributed by atoms with Crippen LogP contribution in [0.5, 0.6) is 0 Å². The van der Waals surface area contributed by atoms with E-state index in [-0.39, 0.29) is 5.54 Å². The highest BCUT2D eigenvalue weighted by atomic mass is 15.3. The first-order chi connectivity index (χ1) is 7.01. The van der Waals surface area contributed by atoms with Crippen molar-refractivity contribution in [2.24, 2.45) is 11.7 Å². The minimum atomic E-state index is 0.0866. The second-order valence-corrected chi connectivity index (χ2v) is 5.13. The van der Waals surface area contributed by atoms with Crippen molar-refractivity contribution in [2.45, 2.75) is 33.2 Å². The molecule has 1 saturated heterocycles. The van der Waals surface area contributed by atoms with Crippen LogP contribution in [0.1, 0.15) is 27.7 Å². The highest BCUT2D eigenvalue weighted by molar-refractivity contribution is 5.01. The maximum Gasteiger partial charge on any atom is 0.0435 e. The summed E-state index contributed by atoms with van der Waals surface area (Å²) in [6, 6.07) is 0. The summed E-state index contributed by atoms with van der Waals surface area (Å²) in [5.41, 5.74) is 6.34. The van der Waals surface area contributed by atoms with Crippen LogP contribution in [0.3, 0.4) is 0 Å². The number of nitrogens with two attached hydrogens (primary N) is 1. The molecule has 0 spiro atoms. The van der Waals surface area contributed by atoms with Gasteiger partial charge in [0.15, 0.2) is 0 Å². The van der Waals surface area contributed by atoms with Crippen molar-refractivity contribution in [3.63, 3.8) is 0 Å². The Kier molecular flexibility index (Phi) is 4.56. The molecule has 1 fully saturated rings. The van der Waals surface area contributed by atoms with Gasteiger partial charge < -0.3 is 10.6 Å². The molecule has 0 aromatic carbocycles. The maximum atomic E-state index is 6.25. The van der Waals surface area contributed by atoms with Gasteiger partial charge in [0.05, 0.1) is 0 Å². The number of hydrogen-bond donors (Lipinski definition) is 1. The summed E-state index contributed by atoms with van der Waals surface area (Å²) in [4.78, 5) is 4.93. The molecule has 0 saturated carbocycles. The summed E-state index contributed by atoms with van der Waals surface area (Å²) in [6.45, 7) is 15.7. The number of likely N-dealkylation sites (N-methyl/N-ethyl adjacent to an activating group) is 1. The molecule has 3 heteroatoms. The Balaban J connectivity index is 2.17. The summed E-state index contributed by atoms with van der Waals surface area (Å²) in [7, 11) is 0. The van der Waals surface area contributed by atoms with Gasteiger partial charge in [-0.05, 0) is 19.0 Å². The first-order valence-corrected chi connectivity index (χ1v) is 6.25.